The van der Waals surface area contributed by atoms with Gasteiger partial charge in [-0.25, -0.2) is 0 Å². The zero-order valence-electron chi connectivity index (χ0n) is 12.7. The lowest BCUT2D eigenvalue weighted by Gasteiger charge is -2.13. The average molecular weight is 294 g/mol. The van der Waals surface area contributed by atoms with E-state index >= 15 is 0 Å². The Balaban J connectivity index is 1.82. The first-order chi connectivity index (χ1) is 10.8. The van der Waals surface area contributed by atoms with Crippen LogP contribution in [0.25, 0.3) is 11.4 Å². The smallest absolute Gasteiger partial charge is 0.268 e. The third kappa shape index (κ3) is 3.17. The molecule has 0 saturated carbocycles. The average Bonchev–Trinajstić information content (AvgIpc) is 3.03. The predicted molar refractivity (Wildman–Crippen MR) is 84.6 cm³/mol. The molecule has 1 heterocycles. The van der Waals surface area contributed by atoms with Crippen LogP contribution in [0.2, 0.25) is 0 Å². The summed E-state index contributed by atoms with van der Waals surface area (Å²) in [6, 6.07) is 17.7. The Morgan fingerprint density at radius 3 is 2.64 bits per heavy atom. The molecule has 0 fully saturated rings. The van der Waals surface area contributed by atoms with Crippen molar-refractivity contribution in [1.82, 2.24) is 10.1 Å². The fourth-order valence-corrected chi connectivity index (χ4v) is 2.24. The van der Waals surface area contributed by atoms with E-state index in [0.29, 0.717) is 11.7 Å². The van der Waals surface area contributed by atoms with Gasteiger partial charge in [0.2, 0.25) is 5.82 Å². The molecular weight excluding hydrogens is 276 g/mol. The van der Waals surface area contributed by atoms with Crippen molar-refractivity contribution in [3.8, 4) is 17.1 Å². The van der Waals surface area contributed by atoms with Gasteiger partial charge in [-0.15, -0.1) is 0 Å². The highest BCUT2D eigenvalue weighted by Gasteiger charge is 2.19. The largest absolute Gasteiger partial charge is 0.481 e. The molecule has 0 aliphatic heterocycles. The molecule has 0 bridgehead atoms. The highest BCUT2D eigenvalue weighted by Crippen LogP contribution is 2.25. The molecule has 112 valence electrons. The van der Waals surface area contributed by atoms with Crippen LogP contribution in [-0.4, -0.2) is 10.1 Å². The second-order valence-electron chi connectivity index (χ2n) is 5.15. The van der Waals surface area contributed by atoms with Crippen molar-refractivity contribution < 1.29 is 9.26 Å². The number of benzene rings is 2. The van der Waals surface area contributed by atoms with E-state index in [1.807, 2.05) is 68.4 Å². The van der Waals surface area contributed by atoms with Crippen LogP contribution in [0, 0.1) is 6.92 Å². The van der Waals surface area contributed by atoms with Crippen LogP contribution in [0.15, 0.2) is 59.1 Å². The van der Waals surface area contributed by atoms with Gasteiger partial charge in [0.1, 0.15) is 5.75 Å². The van der Waals surface area contributed by atoms with Crippen molar-refractivity contribution in [2.75, 3.05) is 0 Å². The molecular formula is C18H18N2O2. The fourth-order valence-electron chi connectivity index (χ4n) is 2.24. The molecule has 4 nitrogen and oxygen atoms in total. The number of nitrogens with zero attached hydrogens (tertiary/aromatic N) is 2. The third-order valence-electron chi connectivity index (χ3n) is 3.39. The van der Waals surface area contributed by atoms with Crippen LogP contribution in [0.3, 0.4) is 0 Å². The lowest BCUT2D eigenvalue weighted by Crippen LogP contribution is -2.06. The van der Waals surface area contributed by atoms with Gasteiger partial charge < -0.3 is 9.26 Å². The van der Waals surface area contributed by atoms with Crippen LogP contribution >= 0.6 is 0 Å². The summed E-state index contributed by atoms with van der Waals surface area (Å²) in [4.78, 5) is 4.49. The van der Waals surface area contributed by atoms with Crippen molar-refractivity contribution in [2.24, 2.45) is 0 Å². The molecule has 1 atom stereocenters. The quantitative estimate of drug-likeness (QED) is 0.691. The Labute approximate surface area is 129 Å². The minimum Gasteiger partial charge on any atom is -0.481 e. The lowest BCUT2D eigenvalue weighted by atomic mass is 10.1. The first-order valence-electron chi connectivity index (χ1n) is 7.38. The van der Waals surface area contributed by atoms with Gasteiger partial charge in [-0.1, -0.05) is 54.0 Å². The van der Waals surface area contributed by atoms with E-state index in [0.717, 1.165) is 23.3 Å². The van der Waals surface area contributed by atoms with Crippen molar-refractivity contribution in [1.29, 1.82) is 0 Å². The van der Waals surface area contributed by atoms with E-state index < -0.39 is 0 Å². The van der Waals surface area contributed by atoms with Crippen LogP contribution in [0.4, 0.5) is 0 Å². The van der Waals surface area contributed by atoms with Crippen molar-refractivity contribution in [3.63, 3.8) is 0 Å². The maximum Gasteiger partial charge on any atom is 0.268 e. The van der Waals surface area contributed by atoms with E-state index in [1.54, 1.807) is 0 Å². The molecule has 4 heteroatoms. The zero-order chi connectivity index (χ0) is 15.4. The first-order valence-corrected chi connectivity index (χ1v) is 7.38. The predicted octanol–water partition coefficient (Wildman–Crippen LogP) is 4.58. The minimum atomic E-state index is -0.242. The SMILES string of the molecule is CCC(Oc1ccccc1)c1nc(-c2cccc(C)c2)no1. The number of ether oxygens (including phenoxy) is 1. The van der Waals surface area contributed by atoms with Gasteiger partial charge in [-0.3, -0.25) is 0 Å². The molecule has 0 radical (unpaired) electrons. The number of rotatable bonds is 5. The summed E-state index contributed by atoms with van der Waals surface area (Å²) in [5, 5.41) is 4.07. The second kappa shape index (κ2) is 6.43. The van der Waals surface area contributed by atoms with E-state index in [1.165, 1.54) is 0 Å². The van der Waals surface area contributed by atoms with Gasteiger partial charge in [-0.2, -0.15) is 4.98 Å². The summed E-state index contributed by atoms with van der Waals surface area (Å²) in [6.07, 6.45) is 0.512. The maximum atomic E-state index is 5.93. The highest BCUT2D eigenvalue weighted by molar-refractivity contribution is 5.55. The Bertz CT molecular complexity index is 738. The third-order valence-corrected chi connectivity index (χ3v) is 3.39. The number of hydrogen-bond acceptors (Lipinski definition) is 4. The number of para-hydroxylation sites is 1. The number of hydrogen-bond donors (Lipinski definition) is 0. The summed E-state index contributed by atoms with van der Waals surface area (Å²) < 4.78 is 11.3. The molecule has 1 unspecified atom stereocenters. The van der Waals surface area contributed by atoms with Gasteiger partial charge in [0.05, 0.1) is 0 Å². The standard InChI is InChI=1S/C18H18N2O2/c1-3-16(21-15-10-5-4-6-11-15)18-19-17(20-22-18)14-9-7-8-13(2)12-14/h4-12,16H,3H2,1-2H3. The molecule has 0 aliphatic carbocycles. The van der Waals surface area contributed by atoms with Crippen molar-refractivity contribution in [2.45, 2.75) is 26.4 Å². The minimum absolute atomic E-state index is 0.242. The van der Waals surface area contributed by atoms with Gasteiger partial charge in [0.25, 0.3) is 5.89 Å². The van der Waals surface area contributed by atoms with Crippen LogP contribution in [0.1, 0.15) is 30.9 Å². The number of aromatic nitrogens is 2. The zero-order valence-corrected chi connectivity index (χ0v) is 12.7. The number of aryl methyl sites for hydroxylation is 1. The summed E-state index contributed by atoms with van der Waals surface area (Å²) in [5.41, 5.74) is 2.11. The van der Waals surface area contributed by atoms with E-state index in [9.17, 15) is 0 Å². The van der Waals surface area contributed by atoms with Gasteiger partial charge >= 0.3 is 0 Å². The van der Waals surface area contributed by atoms with Crippen LogP contribution in [-0.2, 0) is 0 Å². The van der Waals surface area contributed by atoms with Gasteiger partial charge in [0.15, 0.2) is 6.10 Å². The first kappa shape index (κ1) is 14.3. The maximum absolute atomic E-state index is 5.93. The molecule has 1 aromatic heterocycles. The Kier molecular flexibility index (Phi) is 4.19. The van der Waals surface area contributed by atoms with Crippen molar-refractivity contribution >= 4 is 0 Å². The molecule has 2 aromatic carbocycles. The normalized spacial score (nSPS) is 12.1. The van der Waals surface area contributed by atoms with Gasteiger partial charge in [0, 0.05) is 5.56 Å². The Hall–Kier alpha value is -2.62. The molecule has 3 rings (SSSR count). The topological polar surface area (TPSA) is 48.2 Å². The monoisotopic (exact) mass is 294 g/mol. The molecule has 0 spiro atoms. The summed E-state index contributed by atoms with van der Waals surface area (Å²) in [7, 11) is 0. The molecule has 0 aliphatic rings. The molecule has 0 N–H and O–H groups in total. The fraction of sp³-hybridized carbons (Fsp3) is 0.222. The van der Waals surface area contributed by atoms with E-state index in [4.69, 9.17) is 9.26 Å². The molecule has 22 heavy (non-hydrogen) atoms. The highest BCUT2D eigenvalue weighted by atomic mass is 16.5. The van der Waals surface area contributed by atoms with Gasteiger partial charge in [-0.05, 0) is 31.5 Å². The summed E-state index contributed by atoms with van der Waals surface area (Å²) >= 11 is 0. The van der Waals surface area contributed by atoms with E-state index in [-0.39, 0.29) is 6.10 Å². The summed E-state index contributed by atoms with van der Waals surface area (Å²) in [5.74, 6) is 1.89. The molecule has 0 amide bonds. The second-order valence-corrected chi connectivity index (χ2v) is 5.15. The van der Waals surface area contributed by atoms with Crippen molar-refractivity contribution in [3.05, 3.63) is 66.1 Å². The molecule has 3 aromatic rings. The van der Waals surface area contributed by atoms with Crippen LogP contribution < -0.4 is 4.74 Å². The van der Waals surface area contributed by atoms with Crippen LogP contribution in [0.5, 0.6) is 5.75 Å². The lowest BCUT2D eigenvalue weighted by molar-refractivity contribution is 0.154. The van der Waals surface area contributed by atoms with E-state index in [2.05, 4.69) is 10.1 Å². The summed E-state index contributed by atoms with van der Waals surface area (Å²) in [6.45, 7) is 4.07. The molecule has 0 saturated heterocycles. The Morgan fingerprint density at radius 2 is 1.91 bits per heavy atom. The Morgan fingerprint density at radius 1 is 1.09 bits per heavy atom.